The van der Waals surface area contributed by atoms with Crippen LogP contribution in [0.25, 0.3) is 116 Å². The lowest BCUT2D eigenvalue weighted by molar-refractivity contribution is 0.667. The molecule has 0 bridgehead atoms. The molecule has 0 aliphatic carbocycles. The lowest BCUT2D eigenvalue weighted by atomic mass is 9.95. The first-order chi connectivity index (χ1) is 28.7. The molecule has 0 saturated carbocycles. The number of furan rings is 1. The summed E-state index contributed by atoms with van der Waals surface area (Å²) in [5.41, 5.74) is 9.76. The molecule has 3 heterocycles. The minimum Gasteiger partial charge on any atom is -0.453 e. The minimum atomic E-state index is 0.609. The Morgan fingerprint density at radius 3 is 1.64 bits per heavy atom. The number of benzene rings is 9. The van der Waals surface area contributed by atoms with Gasteiger partial charge in [0.25, 0.3) is 0 Å². The van der Waals surface area contributed by atoms with Gasteiger partial charge in [-0.15, -0.1) is 0 Å². The van der Waals surface area contributed by atoms with Crippen LogP contribution in [0.3, 0.4) is 0 Å². The van der Waals surface area contributed by atoms with E-state index in [-0.39, 0.29) is 0 Å². The quantitative estimate of drug-likeness (QED) is 0.176. The molecule has 270 valence electrons. The molecule has 0 amide bonds. The van der Waals surface area contributed by atoms with Crippen LogP contribution in [0.1, 0.15) is 0 Å². The molecule has 0 fully saturated rings. The average Bonchev–Trinajstić information content (AvgIpc) is 3.85. The van der Waals surface area contributed by atoms with Crippen molar-refractivity contribution >= 4 is 65.3 Å². The molecule has 0 aliphatic rings. The van der Waals surface area contributed by atoms with Gasteiger partial charge in [0.15, 0.2) is 23.1 Å². The maximum Gasteiger partial charge on any atom is 0.164 e. The standard InChI is InChI=1S/C53H32N4O/c1-3-15-33(16-4-1)51-54-52(34-17-5-2-6-18-34)56-53(55-51)39-23-13-22-37(29-39)43-31-38-21-9-10-24-40(38)48-42-26-14-28-46(49(42)58-50(43)48)57-45-27-12-11-25-41(45)44-30-35-19-7-8-20-36(35)32-47(44)57/h1-32H. The van der Waals surface area contributed by atoms with Gasteiger partial charge in [-0.25, -0.2) is 15.0 Å². The van der Waals surface area contributed by atoms with Gasteiger partial charge in [0.05, 0.1) is 16.7 Å². The van der Waals surface area contributed by atoms with Gasteiger partial charge in [0.2, 0.25) is 0 Å². The van der Waals surface area contributed by atoms with E-state index in [1.54, 1.807) is 0 Å². The van der Waals surface area contributed by atoms with Gasteiger partial charge in [-0.2, -0.15) is 0 Å². The van der Waals surface area contributed by atoms with Crippen LogP contribution in [0.5, 0.6) is 0 Å². The number of hydrogen-bond donors (Lipinski definition) is 0. The summed E-state index contributed by atoms with van der Waals surface area (Å²) >= 11 is 0. The molecule has 0 radical (unpaired) electrons. The molecule has 0 saturated heterocycles. The van der Waals surface area contributed by atoms with Crippen molar-refractivity contribution in [1.29, 1.82) is 0 Å². The second kappa shape index (κ2) is 12.8. The van der Waals surface area contributed by atoms with E-state index in [1.807, 2.05) is 60.7 Å². The Kier molecular flexibility index (Phi) is 7.16. The van der Waals surface area contributed by atoms with Crippen molar-refractivity contribution in [3.05, 3.63) is 194 Å². The highest BCUT2D eigenvalue weighted by molar-refractivity contribution is 6.24. The van der Waals surface area contributed by atoms with Crippen LogP contribution in [-0.2, 0) is 0 Å². The third-order valence-electron chi connectivity index (χ3n) is 11.4. The summed E-state index contributed by atoms with van der Waals surface area (Å²) in [5, 5.41) is 9.32. The molecule has 5 nitrogen and oxygen atoms in total. The van der Waals surface area contributed by atoms with Crippen molar-refractivity contribution in [1.82, 2.24) is 19.5 Å². The van der Waals surface area contributed by atoms with E-state index in [9.17, 15) is 0 Å². The van der Waals surface area contributed by atoms with Crippen LogP contribution in [0.15, 0.2) is 199 Å². The molecular weight excluding hydrogens is 709 g/mol. The zero-order chi connectivity index (χ0) is 38.2. The van der Waals surface area contributed by atoms with Crippen molar-refractivity contribution in [2.24, 2.45) is 0 Å². The summed E-state index contributed by atoms with van der Waals surface area (Å²) in [7, 11) is 0. The Labute approximate surface area is 333 Å². The van der Waals surface area contributed by atoms with E-state index in [1.165, 1.54) is 21.5 Å². The number of nitrogens with zero attached hydrogens (tertiary/aromatic N) is 4. The Morgan fingerprint density at radius 1 is 0.345 bits per heavy atom. The summed E-state index contributed by atoms with van der Waals surface area (Å²) in [5.74, 6) is 1.87. The minimum absolute atomic E-state index is 0.609. The highest BCUT2D eigenvalue weighted by atomic mass is 16.3. The number of rotatable bonds is 5. The maximum atomic E-state index is 7.22. The first-order valence-corrected chi connectivity index (χ1v) is 19.5. The summed E-state index contributed by atoms with van der Waals surface area (Å²) in [4.78, 5) is 15.0. The molecule has 0 atom stereocenters. The van der Waals surface area contributed by atoms with Gasteiger partial charge in [0.1, 0.15) is 5.58 Å². The average molecular weight is 741 g/mol. The van der Waals surface area contributed by atoms with Crippen LogP contribution in [0.4, 0.5) is 0 Å². The molecule has 0 spiro atoms. The monoisotopic (exact) mass is 740 g/mol. The molecule has 12 rings (SSSR count). The summed E-state index contributed by atoms with van der Waals surface area (Å²) in [6, 6.07) is 67.9. The van der Waals surface area contributed by atoms with Crippen LogP contribution in [0.2, 0.25) is 0 Å². The third-order valence-corrected chi connectivity index (χ3v) is 11.4. The topological polar surface area (TPSA) is 56.7 Å². The van der Waals surface area contributed by atoms with Crippen molar-refractivity contribution in [2.75, 3.05) is 0 Å². The van der Waals surface area contributed by atoms with Gasteiger partial charge in [-0.3, -0.25) is 0 Å². The second-order valence-electron chi connectivity index (χ2n) is 14.8. The van der Waals surface area contributed by atoms with E-state index < -0.39 is 0 Å². The lowest BCUT2D eigenvalue weighted by Crippen LogP contribution is -2.00. The second-order valence-corrected chi connectivity index (χ2v) is 14.8. The van der Waals surface area contributed by atoms with Gasteiger partial charge in [-0.1, -0.05) is 158 Å². The smallest absolute Gasteiger partial charge is 0.164 e. The number of hydrogen-bond acceptors (Lipinski definition) is 4. The Morgan fingerprint density at radius 2 is 0.897 bits per heavy atom. The van der Waals surface area contributed by atoms with Crippen LogP contribution in [-0.4, -0.2) is 19.5 Å². The third kappa shape index (κ3) is 5.07. The van der Waals surface area contributed by atoms with Crippen LogP contribution < -0.4 is 0 Å². The summed E-state index contributed by atoms with van der Waals surface area (Å²) in [6.45, 7) is 0. The maximum absolute atomic E-state index is 7.22. The highest BCUT2D eigenvalue weighted by Gasteiger charge is 2.22. The fraction of sp³-hybridized carbons (Fsp3) is 0. The van der Waals surface area contributed by atoms with Crippen LogP contribution >= 0.6 is 0 Å². The van der Waals surface area contributed by atoms with E-state index in [2.05, 4.69) is 138 Å². The fourth-order valence-electron chi connectivity index (χ4n) is 8.70. The van der Waals surface area contributed by atoms with Gasteiger partial charge in [-0.05, 0) is 63.5 Å². The number of aromatic nitrogens is 4. The Bertz CT molecular complexity index is 3510. The molecule has 0 unspecified atom stereocenters. The van der Waals surface area contributed by atoms with Gasteiger partial charge < -0.3 is 8.98 Å². The molecule has 3 aromatic heterocycles. The molecule has 9 aromatic carbocycles. The summed E-state index contributed by atoms with van der Waals surface area (Å²) < 4.78 is 9.60. The fourth-order valence-corrected chi connectivity index (χ4v) is 8.70. The normalized spacial score (nSPS) is 11.8. The zero-order valence-electron chi connectivity index (χ0n) is 31.2. The van der Waals surface area contributed by atoms with E-state index in [4.69, 9.17) is 19.4 Å². The summed E-state index contributed by atoms with van der Waals surface area (Å²) in [6.07, 6.45) is 0. The van der Waals surface area contributed by atoms with E-state index in [0.717, 1.165) is 77.2 Å². The van der Waals surface area contributed by atoms with E-state index >= 15 is 0 Å². The van der Waals surface area contributed by atoms with Gasteiger partial charge in [0, 0.05) is 43.8 Å². The van der Waals surface area contributed by atoms with E-state index in [0.29, 0.717) is 17.5 Å². The Hall–Kier alpha value is -7.89. The predicted octanol–water partition coefficient (Wildman–Crippen LogP) is 13.8. The molecule has 5 heteroatoms. The Balaban J connectivity index is 1.10. The zero-order valence-corrected chi connectivity index (χ0v) is 31.2. The molecule has 0 aliphatic heterocycles. The van der Waals surface area contributed by atoms with Crippen molar-refractivity contribution in [3.63, 3.8) is 0 Å². The van der Waals surface area contributed by atoms with Crippen molar-refractivity contribution in [2.45, 2.75) is 0 Å². The van der Waals surface area contributed by atoms with Crippen LogP contribution in [0, 0.1) is 0 Å². The van der Waals surface area contributed by atoms with Crippen molar-refractivity contribution < 1.29 is 4.42 Å². The predicted molar refractivity (Wildman–Crippen MR) is 238 cm³/mol. The van der Waals surface area contributed by atoms with Gasteiger partial charge >= 0.3 is 0 Å². The number of fused-ring (bicyclic) bond motifs is 9. The largest absolute Gasteiger partial charge is 0.453 e. The first-order valence-electron chi connectivity index (χ1n) is 19.5. The molecule has 12 aromatic rings. The molecule has 58 heavy (non-hydrogen) atoms. The molecular formula is C53H32N4O. The molecule has 0 N–H and O–H groups in total. The number of para-hydroxylation sites is 2. The lowest BCUT2D eigenvalue weighted by Gasteiger charge is -2.10. The SMILES string of the molecule is c1ccc(-c2nc(-c3ccccc3)nc(-c3cccc(-c4cc5ccccc5c5c4oc4c(-n6c7ccccc7c7cc8ccccc8cc76)cccc45)c3)n2)cc1. The highest BCUT2D eigenvalue weighted by Crippen LogP contribution is 2.45. The first kappa shape index (κ1) is 32.4. The van der Waals surface area contributed by atoms with Crippen molar-refractivity contribution in [3.8, 4) is 51.0 Å².